The fourth-order valence-corrected chi connectivity index (χ4v) is 4.34. The van der Waals surface area contributed by atoms with Crippen LogP contribution in [0.5, 0.6) is 0 Å². The standard InChI is InChI=1S/C16H20N4O4S/c17-16(22)9-1-4-14(13(5-9)20(23)24)25-8-15(21)19-12-6-10-2-3-11(7-12)18-10/h1,4-5,10-12,18H,2-3,6-8H2,(H2,17,22)(H,19,21). The Bertz CT molecular complexity index is 699. The van der Waals surface area contributed by atoms with Crippen LogP contribution >= 0.6 is 11.8 Å². The number of benzene rings is 1. The molecular formula is C16H20N4O4S. The van der Waals surface area contributed by atoms with Crippen LogP contribution in [0.25, 0.3) is 0 Å². The molecule has 0 spiro atoms. The van der Waals surface area contributed by atoms with Gasteiger partial charge in [-0.05, 0) is 37.8 Å². The summed E-state index contributed by atoms with van der Waals surface area (Å²) in [4.78, 5) is 34.3. The highest BCUT2D eigenvalue weighted by Gasteiger charge is 2.34. The summed E-state index contributed by atoms with van der Waals surface area (Å²) in [7, 11) is 0. The number of hydrogen-bond donors (Lipinski definition) is 3. The number of piperidine rings is 1. The predicted octanol–water partition coefficient (Wildman–Crippen LogP) is 1.18. The van der Waals surface area contributed by atoms with Crippen LogP contribution in [0.2, 0.25) is 0 Å². The molecule has 0 aromatic heterocycles. The van der Waals surface area contributed by atoms with E-state index in [0.717, 1.165) is 43.5 Å². The van der Waals surface area contributed by atoms with E-state index in [2.05, 4.69) is 10.6 Å². The van der Waals surface area contributed by atoms with Gasteiger partial charge in [-0.2, -0.15) is 0 Å². The number of nitro benzene ring substituents is 1. The molecule has 2 aliphatic heterocycles. The van der Waals surface area contributed by atoms with Gasteiger partial charge >= 0.3 is 0 Å². The van der Waals surface area contributed by atoms with Crippen LogP contribution in [-0.4, -0.2) is 40.6 Å². The fraction of sp³-hybridized carbons (Fsp3) is 0.500. The van der Waals surface area contributed by atoms with Gasteiger partial charge in [-0.25, -0.2) is 0 Å². The Morgan fingerprint density at radius 3 is 2.60 bits per heavy atom. The number of hydrogen-bond acceptors (Lipinski definition) is 6. The average Bonchev–Trinajstić information content (AvgIpc) is 2.91. The van der Waals surface area contributed by atoms with Crippen LogP contribution in [0, 0.1) is 10.1 Å². The Morgan fingerprint density at radius 2 is 2.00 bits per heavy atom. The lowest BCUT2D eigenvalue weighted by molar-refractivity contribution is -0.387. The van der Waals surface area contributed by atoms with Crippen LogP contribution in [0.15, 0.2) is 23.1 Å². The maximum Gasteiger partial charge on any atom is 0.283 e. The molecule has 25 heavy (non-hydrogen) atoms. The second-order valence-electron chi connectivity index (χ2n) is 6.47. The van der Waals surface area contributed by atoms with Crippen molar-refractivity contribution in [1.29, 1.82) is 0 Å². The van der Waals surface area contributed by atoms with Gasteiger partial charge in [-0.3, -0.25) is 19.7 Å². The molecule has 134 valence electrons. The molecule has 2 heterocycles. The molecule has 2 bridgehead atoms. The first-order valence-corrected chi connectivity index (χ1v) is 9.17. The topological polar surface area (TPSA) is 127 Å². The van der Waals surface area contributed by atoms with Crippen LogP contribution in [0.3, 0.4) is 0 Å². The molecule has 2 saturated heterocycles. The molecule has 2 atom stereocenters. The normalized spacial score (nSPS) is 24.7. The van der Waals surface area contributed by atoms with E-state index in [-0.39, 0.29) is 29.0 Å². The van der Waals surface area contributed by atoms with Gasteiger partial charge in [0.1, 0.15) is 0 Å². The number of nitrogens with one attached hydrogen (secondary N) is 2. The maximum absolute atomic E-state index is 12.2. The van der Waals surface area contributed by atoms with Crippen molar-refractivity contribution < 1.29 is 14.5 Å². The van der Waals surface area contributed by atoms with Crippen molar-refractivity contribution in [2.45, 2.75) is 48.7 Å². The van der Waals surface area contributed by atoms with E-state index in [1.54, 1.807) is 0 Å². The van der Waals surface area contributed by atoms with E-state index in [1.165, 1.54) is 12.1 Å². The molecule has 2 aliphatic rings. The smallest absolute Gasteiger partial charge is 0.283 e. The number of carbonyl (C=O) groups excluding carboxylic acids is 2. The molecule has 0 aliphatic carbocycles. The third kappa shape index (κ3) is 4.29. The molecular weight excluding hydrogens is 344 g/mol. The van der Waals surface area contributed by atoms with E-state index >= 15 is 0 Å². The number of fused-ring (bicyclic) bond motifs is 2. The minimum absolute atomic E-state index is 0.0747. The number of nitro groups is 1. The fourth-order valence-electron chi connectivity index (χ4n) is 3.52. The van der Waals surface area contributed by atoms with Crippen molar-refractivity contribution in [3.8, 4) is 0 Å². The van der Waals surface area contributed by atoms with Gasteiger partial charge in [0, 0.05) is 29.8 Å². The highest BCUT2D eigenvalue weighted by atomic mass is 32.2. The number of nitrogens with zero attached hydrogens (tertiary/aromatic N) is 1. The van der Waals surface area contributed by atoms with Gasteiger partial charge in [0.05, 0.1) is 15.6 Å². The molecule has 9 heteroatoms. The minimum Gasteiger partial charge on any atom is -0.366 e. The van der Waals surface area contributed by atoms with E-state index in [4.69, 9.17) is 5.73 Å². The van der Waals surface area contributed by atoms with E-state index in [1.807, 2.05) is 0 Å². The van der Waals surface area contributed by atoms with Crippen LogP contribution in [0.1, 0.15) is 36.0 Å². The summed E-state index contributed by atoms with van der Waals surface area (Å²) in [6.45, 7) is 0. The zero-order chi connectivity index (χ0) is 18.0. The maximum atomic E-state index is 12.2. The molecule has 8 nitrogen and oxygen atoms in total. The van der Waals surface area contributed by atoms with Crippen molar-refractivity contribution in [1.82, 2.24) is 10.6 Å². The average molecular weight is 364 g/mol. The zero-order valence-electron chi connectivity index (χ0n) is 13.6. The second-order valence-corrected chi connectivity index (χ2v) is 7.48. The summed E-state index contributed by atoms with van der Waals surface area (Å²) in [5.41, 5.74) is 5.01. The molecule has 2 amide bonds. The van der Waals surface area contributed by atoms with Gasteiger partial charge in [0.2, 0.25) is 11.8 Å². The van der Waals surface area contributed by atoms with Crippen molar-refractivity contribution in [3.63, 3.8) is 0 Å². The summed E-state index contributed by atoms with van der Waals surface area (Å²) in [5.74, 6) is -0.766. The largest absolute Gasteiger partial charge is 0.366 e. The summed E-state index contributed by atoms with van der Waals surface area (Å²) in [6.07, 6.45) is 4.18. The number of thioether (sulfide) groups is 1. The third-order valence-electron chi connectivity index (χ3n) is 4.64. The lowest BCUT2D eigenvalue weighted by Crippen LogP contribution is -2.48. The van der Waals surface area contributed by atoms with Gasteiger partial charge in [0.25, 0.3) is 5.69 Å². The van der Waals surface area contributed by atoms with Gasteiger partial charge in [-0.15, -0.1) is 11.8 Å². The molecule has 0 radical (unpaired) electrons. The Morgan fingerprint density at radius 1 is 1.32 bits per heavy atom. The van der Waals surface area contributed by atoms with Crippen LogP contribution < -0.4 is 16.4 Å². The van der Waals surface area contributed by atoms with Crippen molar-refractivity contribution in [2.24, 2.45) is 5.73 Å². The monoisotopic (exact) mass is 364 g/mol. The van der Waals surface area contributed by atoms with Crippen molar-refractivity contribution in [2.75, 3.05) is 5.75 Å². The first kappa shape index (κ1) is 17.7. The molecule has 1 aromatic carbocycles. The van der Waals surface area contributed by atoms with Gasteiger partial charge in [0.15, 0.2) is 0 Å². The lowest BCUT2D eigenvalue weighted by atomic mass is 10.00. The Kier molecular flexibility index (Phi) is 5.24. The van der Waals surface area contributed by atoms with E-state index < -0.39 is 10.8 Å². The summed E-state index contributed by atoms with van der Waals surface area (Å²) >= 11 is 1.09. The quantitative estimate of drug-likeness (QED) is 0.395. The van der Waals surface area contributed by atoms with Crippen LogP contribution in [-0.2, 0) is 4.79 Å². The van der Waals surface area contributed by atoms with Crippen molar-refractivity contribution >= 4 is 29.3 Å². The zero-order valence-corrected chi connectivity index (χ0v) is 14.4. The molecule has 2 fully saturated rings. The Balaban J connectivity index is 1.58. The first-order valence-electron chi connectivity index (χ1n) is 8.19. The van der Waals surface area contributed by atoms with Gasteiger partial charge < -0.3 is 16.4 Å². The minimum atomic E-state index is -0.724. The molecule has 1 aromatic rings. The predicted molar refractivity (Wildman–Crippen MR) is 93.4 cm³/mol. The van der Waals surface area contributed by atoms with E-state index in [0.29, 0.717) is 17.0 Å². The number of nitrogens with two attached hydrogens (primary N) is 1. The second kappa shape index (κ2) is 7.40. The lowest BCUT2D eigenvalue weighted by Gasteiger charge is -2.29. The molecule has 4 N–H and O–H groups in total. The highest BCUT2D eigenvalue weighted by Crippen LogP contribution is 2.30. The third-order valence-corrected chi connectivity index (χ3v) is 5.70. The highest BCUT2D eigenvalue weighted by molar-refractivity contribution is 8.00. The number of amides is 2. The summed E-state index contributed by atoms with van der Waals surface area (Å²) in [5, 5.41) is 17.7. The molecule has 2 unspecified atom stereocenters. The Hall–Kier alpha value is -2.13. The van der Waals surface area contributed by atoms with Gasteiger partial charge in [-0.1, -0.05) is 0 Å². The Labute approximate surface area is 149 Å². The number of primary amides is 1. The summed E-state index contributed by atoms with van der Waals surface area (Å²) < 4.78 is 0. The SMILES string of the molecule is NC(=O)c1ccc(SCC(=O)NC2CC3CCC(C2)N3)c([N+](=O)[O-])c1. The first-order chi connectivity index (χ1) is 11.9. The summed E-state index contributed by atoms with van der Waals surface area (Å²) in [6, 6.07) is 5.17. The van der Waals surface area contributed by atoms with Crippen LogP contribution in [0.4, 0.5) is 5.69 Å². The molecule has 0 saturated carbocycles. The van der Waals surface area contributed by atoms with E-state index in [9.17, 15) is 19.7 Å². The molecule has 3 rings (SSSR count). The number of rotatable bonds is 6. The van der Waals surface area contributed by atoms with Crippen molar-refractivity contribution in [3.05, 3.63) is 33.9 Å². The number of carbonyl (C=O) groups is 2.